The SMILES string of the molecule is C#CCOc1ccc2ccc(O)cc2c1. The molecule has 2 rings (SSSR count). The number of ether oxygens (including phenoxy) is 1. The second-order valence-corrected chi connectivity index (χ2v) is 3.19. The van der Waals surface area contributed by atoms with Gasteiger partial charge in [0.1, 0.15) is 18.1 Å². The zero-order chi connectivity index (χ0) is 10.7. The fraction of sp³-hybridized carbons (Fsp3) is 0.0769. The number of terminal acetylenes is 1. The standard InChI is InChI=1S/C13H10O2/c1-2-7-15-13-6-4-10-3-5-12(14)8-11(10)9-13/h1,3-6,8-9,14H,7H2. The van der Waals surface area contributed by atoms with Crippen LogP contribution in [0.15, 0.2) is 36.4 Å². The number of hydrogen-bond donors (Lipinski definition) is 1. The predicted octanol–water partition coefficient (Wildman–Crippen LogP) is 2.56. The molecule has 2 aromatic rings. The first-order valence-electron chi connectivity index (χ1n) is 4.58. The Kier molecular flexibility index (Phi) is 2.47. The summed E-state index contributed by atoms with van der Waals surface area (Å²) in [7, 11) is 0. The third-order valence-corrected chi connectivity index (χ3v) is 2.12. The Morgan fingerprint density at radius 3 is 2.73 bits per heavy atom. The summed E-state index contributed by atoms with van der Waals surface area (Å²) in [6, 6.07) is 10.8. The van der Waals surface area contributed by atoms with Gasteiger partial charge in [-0.2, -0.15) is 0 Å². The summed E-state index contributed by atoms with van der Waals surface area (Å²) in [5.41, 5.74) is 0. The normalized spacial score (nSPS) is 9.80. The van der Waals surface area contributed by atoms with Gasteiger partial charge >= 0.3 is 0 Å². The number of hydrogen-bond acceptors (Lipinski definition) is 2. The van der Waals surface area contributed by atoms with Gasteiger partial charge in [-0.25, -0.2) is 0 Å². The van der Waals surface area contributed by atoms with Crippen LogP contribution in [-0.4, -0.2) is 11.7 Å². The first kappa shape index (κ1) is 9.42. The van der Waals surface area contributed by atoms with E-state index in [1.165, 1.54) is 0 Å². The maximum absolute atomic E-state index is 9.32. The van der Waals surface area contributed by atoms with Gasteiger partial charge in [-0.05, 0) is 35.0 Å². The second kappa shape index (κ2) is 3.93. The monoisotopic (exact) mass is 198 g/mol. The van der Waals surface area contributed by atoms with Gasteiger partial charge in [0.25, 0.3) is 0 Å². The number of rotatable bonds is 2. The van der Waals surface area contributed by atoms with E-state index in [1.54, 1.807) is 12.1 Å². The Morgan fingerprint density at radius 2 is 1.93 bits per heavy atom. The van der Waals surface area contributed by atoms with E-state index in [2.05, 4.69) is 5.92 Å². The fourth-order valence-electron chi connectivity index (χ4n) is 1.43. The molecule has 74 valence electrons. The van der Waals surface area contributed by atoms with Crippen LogP contribution in [-0.2, 0) is 0 Å². The van der Waals surface area contributed by atoms with Crippen molar-refractivity contribution in [3.63, 3.8) is 0 Å². The van der Waals surface area contributed by atoms with Crippen molar-refractivity contribution in [3.8, 4) is 23.8 Å². The second-order valence-electron chi connectivity index (χ2n) is 3.19. The summed E-state index contributed by atoms with van der Waals surface area (Å²) >= 11 is 0. The molecular weight excluding hydrogens is 188 g/mol. The molecule has 0 unspecified atom stereocenters. The molecule has 0 saturated heterocycles. The van der Waals surface area contributed by atoms with Crippen molar-refractivity contribution in [2.75, 3.05) is 6.61 Å². The van der Waals surface area contributed by atoms with Crippen LogP contribution in [0.5, 0.6) is 11.5 Å². The number of phenols is 1. The lowest BCUT2D eigenvalue weighted by molar-refractivity contribution is 0.371. The highest BCUT2D eigenvalue weighted by Gasteiger charge is 1.97. The van der Waals surface area contributed by atoms with Crippen molar-refractivity contribution in [3.05, 3.63) is 36.4 Å². The molecule has 0 amide bonds. The summed E-state index contributed by atoms with van der Waals surface area (Å²) < 4.78 is 5.29. The molecule has 0 aliphatic carbocycles. The average molecular weight is 198 g/mol. The van der Waals surface area contributed by atoms with Crippen molar-refractivity contribution in [2.45, 2.75) is 0 Å². The van der Waals surface area contributed by atoms with Gasteiger partial charge in [0.05, 0.1) is 0 Å². The van der Waals surface area contributed by atoms with Crippen LogP contribution in [0.2, 0.25) is 0 Å². The molecule has 0 aliphatic rings. The maximum atomic E-state index is 9.32. The molecule has 0 aromatic heterocycles. The Balaban J connectivity index is 2.41. The topological polar surface area (TPSA) is 29.5 Å². The van der Waals surface area contributed by atoms with Crippen LogP contribution in [0.1, 0.15) is 0 Å². The largest absolute Gasteiger partial charge is 0.508 e. The summed E-state index contributed by atoms with van der Waals surface area (Å²) in [4.78, 5) is 0. The van der Waals surface area contributed by atoms with Gasteiger partial charge in [-0.3, -0.25) is 0 Å². The Hall–Kier alpha value is -2.14. The van der Waals surface area contributed by atoms with Crippen molar-refractivity contribution in [1.29, 1.82) is 0 Å². The molecular formula is C13H10O2. The first-order valence-corrected chi connectivity index (χ1v) is 4.58. The third-order valence-electron chi connectivity index (χ3n) is 2.12. The van der Waals surface area contributed by atoms with Crippen LogP contribution in [0, 0.1) is 12.3 Å². The van der Waals surface area contributed by atoms with E-state index < -0.39 is 0 Å². The lowest BCUT2D eigenvalue weighted by atomic mass is 10.1. The van der Waals surface area contributed by atoms with Crippen LogP contribution in [0.25, 0.3) is 10.8 Å². The van der Waals surface area contributed by atoms with Crippen LogP contribution >= 0.6 is 0 Å². The molecule has 0 aliphatic heterocycles. The predicted molar refractivity (Wildman–Crippen MR) is 59.9 cm³/mol. The maximum Gasteiger partial charge on any atom is 0.148 e. The average Bonchev–Trinajstić information content (AvgIpc) is 2.25. The number of phenolic OH excluding ortho intramolecular Hbond substituents is 1. The molecule has 2 heteroatoms. The van der Waals surface area contributed by atoms with E-state index in [4.69, 9.17) is 11.2 Å². The fourth-order valence-corrected chi connectivity index (χ4v) is 1.43. The van der Waals surface area contributed by atoms with Gasteiger partial charge in [-0.1, -0.05) is 18.1 Å². The Bertz CT molecular complexity index is 524. The van der Waals surface area contributed by atoms with Gasteiger partial charge in [0, 0.05) is 0 Å². The minimum absolute atomic E-state index is 0.247. The number of aromatic hydroxyl groups is 1. The molecule has 1 N–H and O–H groups in total. The van der Waals surface area contributed by atoms with E-state index in [0.29, 0.717) is 5.75 Å². The zero-order valence-corrected chi connectivity index (χ0v) is 8.10. The lowest BCUT2D eigenvalue weighted by Gasteiger charge is -2.04. The van der Waals surface area contributed by atoms with Crippen LogP contribution in [0.3, 0.4) is 0 Å². The minimum atomic E-state index is 0.247. The summed E-state index contributed by atoms with van der Waals surface area (Å²) in [6.07, 6.45) is 5.10. The number of fused-ring (bicyclic) bond motifs is 1. The molecule has 0 saturated carbocycles. The van der Waals surface area contributed by atoms with E-state index in [0.717, 1.165) is 10.8 Å². The zero-order valence-electron chi connectivity index (χ0n) is 8.10. The minimum Gasteiger partial charge on any atom is -0.508 e. The highest BCUT2D eigenvalue weighted by molar-refractivity contribution is 5.85. The van der Waals surface area contributed by atoms with Gasteiger partial charge in [-0.15, -0.1) is 6.42 Å². The smallest absolute Gasteiger partial charge is 0.148 e. The molecule has 2 nitrogen and oxygen atoms in total. The summed E-state index contributed by atoms with van der Waals surface area (Å²) in [6.45, 7) is 0.254. The number of benzene rings is 2. The Morgan fingerprint density at radius 1 is 1.13 bits per heavy atom. The van der Waals surface area contributed by atoms with Crippen molar-refractivity contribution >= 4 is 10.8 Å². The third kappa shape index (κ3) is 2.03. The van der Waals surface area contributed by atoms with E-state index in [1.807, 2.05) is 24.3 Å². The molecule has 0 spiro atoms. The first-order chi connectivity index (χ1) is 7.29. The van der Waals surface area contributed by atoms with Crippen molar-refractivity contribution in [2.24, 2.45) is 0 Å². The molecule has 0 fully saturated rings. The van der Waals surface area contributed by atoms with Crippen LogP contribution in [0.4, 0.5) is 0 Å². The lowest BCUT2D eigenvalue weighted by Crippen LogP contribution is -1.92. The molecule has 2 aromatic carbocycles. The van der Waals surface area contributed by atoms with E-state index in [-0.39, 0.29) is 12.4 Å². The molecule has 15 heavy (non-hydrogen) atoms. The molecule has 0 heterocycles. The Labute approximate surface area is 88.1 Å². The van der Waals surface area contributed by atoms with E-state index >= 15 is 0 Å². The molecule has 0 bridgehead atoms. The molecule has 0 atom stereocenters. The highest BCUT2D eigenvalue weighted by atomic mass is 16.5. The summed E-state index contributed by atoms with van der Waals surface area (Å²) in [5, 5.41) is 11.3. The van der Waals surface area contributed by atoms with Crippen LogP contribution < -0.4 is 4.74 Å². The summed E-state index contributed by atoms with van der Waals surface area (Å²) in [5.74, 6) is 3.36. The van der Waals surface area contributed by atoms with Gasteiger partial charge in [0.2, 0.25) is 0 Å². The van der Waals surface area contributed by atoms with Crippen molar-refractivity contribution < 1.29 is 9.84 Å². The van der Waals surface area contributed by atoms with E-state index in [9.17, 15) is 5.11 Å². The quantitative estimate of drug-likeness (QED) is 0.751. The van der Waals surface area contributed by atoms with Crippen molar-refractivity contribution in [1.82, 2.24) is 0 Å². The molecule has 0 radical (unpaired) electrons. The van der Waals surface area contributed by atoms with Gasteiger partial charge in [0.15, 0.2) is 0 Å². The van der Waals surface area contributed by atoms with Gasteiger partial charge < -0.3 is 9.84 Å². The highest BCUT2D eigenvalue weighted by Crippen LogP contribution is 2.24.